The van der Waals surface area contributed by atoms with Gasteiger partial charge in [-0.25, -0.2) is 4.39 Å². The Kier molecular flexibility index (Phi) is 5.29. The molecule has 156 valence electrons. The fraction of sp³-hybridized carbons (Fsp3) is 0.120. The lowest BCUT2D eigenvalue weighted by atomic mass is 9.99. The fourth-order valence-electron chi connectivity index (χ4n) is 3.60. The minimum Gasteiger partial charge on any atom is -0.396 e. The molecule has 0 saturated heterocycles. The summed E-state index contributed by atoms with van der Waals surface area (Å²) in [6.45, 7) is 4.16. The summed E-state index contributed by atoms with van der Waals surface area (Å²) in [4.78, 5) is 26.3. The van der Waals surface area contributed by atoms with E-state index in [4.69, 9.17) is 5.73 Å². The Morgan fingerprint density at radius 2 is 1.65 bits per heavy atom. The number of carbonyl (C=O) groups excluding carboxylic acids is 2. The summed E-state index contributed by atoms with van der Waals surface area (Å²) >= 11 is 0. The Morgan fingerprint density at radius 1 is 0.968 bits per heavy atom. The maximum Gasteiger partial charge on any atom is 0.260 e. The second-order valence-electron chi connectivity index (χ2n) is 7.63. The van der Waals surface area contributed by atoms with E-state index in [0.29, 0.717) is 17.0 Å². The molecular formula is C25H22FN3O2. The van der Waals surface area contributed by atoms with Crippen molar-refractivity contribution in [2.45, 2.75) is 19.8 Å². The molecule has 0 radical (unpaired) electrons. The van der Waals surface area contributed by atoms with Crippen LogP contribution in [-0.2, 0) is 0 Å². The summed E-state index contributed by atoms with van der Waals surface area (Å²) in [5.74, 6) is -1.09. The molecule has 4 rings (SSSR count). The highest BCUT2D eigenvalue weighted by Gasteiger charge is 2.26. The van der Waals surface area contributed by atoms with Gasteiger partial charge in [-0.05, 0) is 35.7 Å². The Labute approximate surface area is 179 Å². The molecular weight excluding hydrogens is 393 g/mol. The van der Waals surface area contributed by atoms with Crippen LogP contribution in [0.25, 0.3) is 5.52 Å². The third-order valence-corrected chi connectivity index (χ3v) is 5.29. The number of fused-ring (bicyclic) bond motifs is 1. The van der Waals surface area contributed by atoms with E-state index in [1.54, 1.807) is 47.0 Å². The lowest BCUT2D eigenvalue weighted by Crippen LogP contribution is -2.15. The van der Waals surface area contributed by atoms with Crippen molar-refractivity contribution in [3.05, 3.63) is 101 Å². The summed E-state index contributed by atoms with van der Waals surface area (Å²) < 4.78 is 15.6. The van der Waals surface area contributed by atoms with Crippen LogP contribution in [0.1, 0.15) is 51.7 Å². The van der Waals surface area contributed by atoms with Gasteiger partial charge in [0.15, 0.2) is 0 Å². The molecule has 2 aromatic heterocycles. The molecule has 0 saturated carbocycles. The average Bonchev–Trinajstić information content (AvgIpc) is 3.06. The van der Waals surface area contributed by atoms with Gasteiger partial charge in [0, 0.05) is 11.8 Å². The Hall–Kier alpha value is -3.93. The predicted octanol–water partition coefficient (Wildman–Crippen LogP) is 5.27. The molecule has 0 aliphatic heterocycles. The van der Waals surface area contributed by atoms with Crippen molar-refractivity contribution in [3.63, 3.8) is 0 Å². The lowest BCUT2D eigenvalue weighted by Gasteiger charge is -2.08. The zero-order chi connectivity index (χ0) is 22.1. The summed E-state index contributed by atoms with van der Waals surface area (Å²) in [5.41, 5.74) is 8.82. The number of nitrogen functional groups attached to an aromatic ring is 1. The van der Waals surface area contributed by atoms with Crippen LogP contribution in [0.3, 0.4) is 0 Å². The zero-order valence-electron chi connectivity index (χ0n) is 17.2. The molecule has 0 bridgehead atoms. The summed E-state index contributed by atoms with van der Waals surface area (Å²) in [6.07, 6.45) is 1.68. The molecule has 0 unspecified atom stereocenters. The fourth-order valence-corrected chi connectivity index (χ4v) is 3.60. The molecule has 0 spiro atoms. The number of anilines is 2. The van der Waals surface area contributed by atoms with Gasteiger partial charge in [0.05, 0.1) is 22.5 Å². The average molecular weight is 415 g/mol. The number of hydrogen-bond acceptors (Lipinski definition) is 3. The van der Waals surface area contributed by atoms with Gasteiger partial charge in [-0.15, -0.1) is 0 Å². The molecule has 6 heteroatoms. The van der Waals surface area contributed by atoms with Crippen LogP contribution in [0.4, 0.5) is 15.8 Å². The van der Waals surface area contributed by atoms with Gasteiger partial charge in [-0.3, -0.25) is 9.59 Å². The predicted molar refractivity (Wildman–Crippen MR) is 120 cm³/mol. The van der Waals surface area contributed by atoms with E-state index in [-0.39, 0.29) is 28.4 Å². The van der Waals surface area contributed by atoms with Crippen LogP contribution in [0.15, 0.2) is 72.9 Å². The normalized spacial score (nSPS) is 11.1. The number of ketones is 1. The van der Waals surface area contributed by atoms with Crippen LogP contribution >= 0.6 is 0 Å². The van der Waals surface area contributed by atoms with Gasteiger partial charge in [-0.2, -0.15) is 0 Å². The molecule has 0 aliphatic carbocycles. The summed E-state index contributed by atoms with van der Waals surface area (Å²) in [5, 5.41) is 2.55. The SMILES string of the molecule is CC(C)c1ccc(C(=O)c2c(N)c(C(=O)Nc3ccccc3F)c3ccccn23)cc1. The highest BCUT2D eigenvalue weighted by Crippen LogP contribution is 2.30. The number of aromatic nitrogens is 1. The van der Waals surface area contributed by atoms with Gasteiger partial charge >= 0.3 is 0 Å². The van der Waals surface area contributed by atoms with Gasteiger partial charge in [0.25, 0.3) is 5.91 Å². The standard InChI is InChI=1S/C25H22FN3O2/c1-15(2)16-10-12-17(13-11-16)24(30)23-22(27)21(20-9-5-6-14-29(20)23)25(31)28-19-8-4-3-7-18(19)26/h3-15H,27H2,1-2H3,(H,28,31). The summed E-state index contributed by atoms with van der Waals surface area (Å²) in [6, 6.07) is 18.4. The second-order valence-corrected chi connectivity index (χ2v) is 7.63. The third kappa shape index (κ3) is 3.68. The quantitative estimate of drug-likeness (QED) is 0.436. The van der Waals surface area contributed by atoms with Crippen LogP contribution in [0.2, 0.25) is 0 Å². The van der Waals surface area contributed by atoms with Crippen molar-refractivity contribution in [1.82, 2.24) is 4.40 Å². The van der Waals surface area contributed by atoms with Crippen molar-refractivity contribution in [3.8, 4) is 0 Å². The Morgan fingerprint density at radius 3 is 2.32 bits per heavy atom. The third-order valence-electron chi connectivity index (χ3n) is 5.29. The van der Waals surface area contributed by atoms with Crippen molar-refractivity contribution < 1.29 is 14.0 Å². The molecule has 5 nitrogen and oxygen atoms in total. The molecule has 31 heavy (non-hydrogen) atoms. The van der Waals surface area contributed by atoms with Crippen LogP contribution in [-0.4, -0.2) is 16.1 Å². The van der Waals surface area contributed by atoms with E-state index in [1.807, 2.05) is 12.1 Å². The number of amides is 1. The van der Waals surface area contributed by atoms with Crippen LogP contribution < -0.4 is 11.1 Å². The first-order valence-corrected chi connectivity index (χ1v) is 9.97. The molecule has 4 aromatic rings. The lowest BCUT2D eigenvalue weighted by molar-refractivity contribution is 0.102. The molecule has 0 atom stereocenters. The van der Waals surface area contributed by atoms with Crippen LogP contribution in [0.5, 0.6) is 0 Å². The number of pyridine rings is 1. The molecule has 2 heterocycles. The minimum absolute atomic E-state index is 0.0410. The number of nitrogens with one attached hydrogen (secondary N) is 1. The number of nitrogens with two attached hydrogens (primary N) is 1. The number of carbonyl (C=O) groups is 2. The zero-order valence-corrected chi connectivity index (χ0v) is 17.2. The largest absolute Gasteiger partial charge is 0.396 e. The van der Waals surface area contributed by atoms with Crippen molar-refractivity contribution >= 4 is 28.6 Å². The number of halogens is 1. The van der Waals surface area contributed by atoms with E-state index < -0.39 is 11.7 Å². The van der Waals surface area contributed by atoms with Crippen LogP contribution in [0, 0.1) is 5.82 Å². The molecule has 1 amide bonds. The highest BCUT2D eigenvalue weighted by molar-refractivity contribution is 6.20. The maximum absolute atomic E-state index is 14.0. The maximum atomic E-state index is 14.0. The number of benzene rings is 2. The highest BCUT2D eigenvalue weighted by atomic mass is 19.1. The van der Waals surface area contributed by atoms with E-state index >= 15 is 0 Å². The Bertz CT molecular complexity index is 1290. The smallest absolute Gasteiger partial charge is 0.260 e. The van der Waals surface area contributed by atoms with E-state index in [0.717, 1.165) is 5.56 Å². The van der Waals surface area contributed by atoms with Crippen molar-refractivity contribution in [1.29, 1.82) is 0 Å². The monoisotopic (exact) mass is 415 g/mol. The van der Waals surface area contributed by atoms with Crippen molar-refractivity contribution in [2.75, 3.05) is 11.1 Å². The van der Waals surface area contributed by atoms with E-state index in [2.05, 4.69) is 19.2 Å². The first-order chi connectivity index (χ1) is 14.9. The second kappa shape index (κ2) is 8.07. The first-order valence-electron chi connectivity index (χ1n) is 9.97. The summed E-state index contributed by atoms with van der Waals surface area (Å²) in [7, 11) is 0. The molecule has 0 aliphatic rings. The van der Waals surface area contributed by atoms with Gasteiger partial charge in [0.1, 0.15) is 11.5 Å². The number of para-hydroxylation sites is 1. The first kappa shape index (κ1) is 20.3. The minimum atomic E-state index is -0.583. The van der Waals surface area contributed by atoms with E-state index in [1.165, 1.54) is 18.2 Å². The molecule has 0 fully saturated rings. The number of nitrogens with zero attached hydrogens (tertiary/aromatic N) is 1. The van der Waals surface area contributed by atoms with Gasteiger partial charge in [-0.1, -0.05) is 56.3 Å². The van der Waals surface area contributed by atoms with Gasteiger partial charge in [0.2, 0.25) is 5.78 Å². The molecule has 3 N–H and O–H groups in total. The topological polar surface area (TPSA) is 76.6 Å². The van der Waals surface area contributed by atoms with Crippen molar-refractivity contribution in [2.24, 2.45) is 0 Å². The van der Waals surface area contributed by atoms with E-state index in [9.17, 15) is 14.0 Å². The number of hydrogen-bond donors (Lipinski definition) is 2. The number of rotatable bonds is 5. The molecule has 2 aromatic carbocycles. The Balaban J connectivity index is 1.79. The van der Waals surface area contributed by atoms with Gasteiger partial charge < -0.3 is 15.5 Å².